The molecule has 0 spiro atoms. The lowest BCUT2D eigenvalue weighted by atomic mass is 10.2. The van der Waals surface area contributed by atoms with Crippen molar-refractivity contribution in [3.8, 4) is 11.5 Å². The minimum Gasteiger partial charge on any atom is -0.474 e. The highest BCUT2D eigenvalue weighted by Gasteiger charge is 2.27. The molecule has 0 atom stereocenters. The van der Waals surface area contributed by atoms with Crippen LogP contribution in [0.3, 0.4) is 0 Å². The minimum absolute atomic E-state index is 0.106. The van der Waals surface area contributed by atoms with E-state index in [-0.39, 0.29) is 13.2 Å². The van der Waals surface area contributed by atoms with Crippen molar-refractivity contribution >= 4 is 44.3 Å². The predicted molar refractivity (Wildman–Crippen MR) is 91.2 cm³/mol. The number of thiazole rings is 1. The number of hydrogen-bond acceptors (Lipinski definition) is 7. The van der Waals surface area contributed by atoms with Crippen LogP contribution in [0.25, 0.3) is 11.5 Å². The number of anilines is 1. The molecule has 1 N–H and O–H groups in total. The molecule has 0 aliphatic rings. The smallest absolute Gasteiger partial charge is 0.395 e. The van der Waals surface area contributed by atoms with Gasteiger partial charge < -0.3 is 14.4 Å². The van der Waals surface area contributed by atoms with Crippen molar-refractivity contribution in [2.75, 3.05) is 24.7 Å². The first-order chi connectivity index (χ1) is 11.5. The molecule has 0 unspecified atom stereocenters. The van der Waals surface area contributed by atoms with Crippen LogP contribution < -0.4 is 4.90 Å². The van der Waals surface area contributed by atoms with Gasteiger partial charge in [-0.05, 0) is 29.3 Å². The molecule has 130 valence electrons. The Hall–Kier alpha value is -1.78. The highest BCUT2D eigenvalue weighted by atomic mass is 79.9. The van der Waals surface area contributed by atoms with Crippen LogP contribution in [0.2, 0.25) is 0 Å². The third kappa shape index (κ3) is 4.19. The van der Waals surface area contributed by atoms with E-state index in [1.54, 1.807) is 6.07 Å². The number of halogens is 1. The van der Waals surface area contributed by atoms with Crippen LogP contribution in [0.5, 0.6) is 0 Å². The van der Waals surface area contributed by atoms with E-state index in [4.69, 9.17) is 14.4 Å². The Kier molecular flexibility index (Phi) is 6.46. The van der Waals surface area contributed by atoms with Crippen LogP contribution in [0, 0.1) is 0 Å². The normalized spacial score (nSPS) is 10.8. The Balaban J connectivity index is 2.37. The molecule has 24 heavy (non-hydrogen) atoms. The number of rotatable bonds is 7. The summed E-state index contributed by atoms with van der Waals surface area (Å²) >= 11 is 4.46. The zero-order valence-electron chi connectivity index (χ0n) is 13.1. The number of aromatic nitrogens is 2. The molecule has 8 nitrogen and oxygen atoms in total. The van der Waals surface area contributed by atoms with Crippen molar-refractivity contribution < 1.29 is 24.0 Å². The van der Waals surface area contributed by atoms with Crippen molar-refractivity contribution in [1.82, 2.24) is 10.1 Å². The van der Waals surface area contributed by atoms with Crippen molar-refractivity contribution in [3.05, 3.63) is 15.5 Å². The van der Waals surface area contributed by atoms with Crippen LogP contribution in [-0.2, 0) is 20.7 Å². The Bertz CT molecular complexity index is 730. The number of carbonyl (C=O) groups is 2. The van der Waals surface area contributed by atoms with E-state index in [0.717, 1.165) is 9.78 Å². The molecule has 0 aliphatic carbocycles. The molecule has 2 aromatic heterocycles. The topological polar surface area (TPSA) is 106 Å². The Morgan fingerprint density at radius 1 is 1.46 bits per heavy atom. The lowest BCUT2D eigenvalue weighted by molar-refractivity contribution is -0.148. The van der Waals surface area contributed by atoms with Gasteiger partial charge in [0.2, 0.25) is 0 Å². The number of amides is 1. The number of carboxylic acids is 1. The maximum Gasteiger partial charge on any atom is 0.395 e. The highest BCUT2D eigenvalue weighted by molar-refractivity contribution is 9.10. The summed E-state index contributed by atoms with van der Waals surface area (Å²) in [6, 6.07) is 1.67. The van der Waals surface area contributed by atoms with E-state index in [1.165, 1.54) is 11.3 Å². The molecule has 1 amide bonds. The van der Waals surface area contributed by atoms with Gasteiger partial charge in [0.1, 0.15) is 10.3 Å². The molecule has 0 fully saturated rings. The second kappa shape index (κ2) is 8.36. The molecule has 0 saturated carbocycles. The molecule has 2 heterocycles. The molecule has 2 aromatic rings. The van der Waals surface area contributed by atoms with Gasteiger partial charge in [0.25, 0.3) is 0 Å². The summed E-state index contributed by atoms with van der Waals surface area (Å²) in [6.45, 7) is 4.57. The second-order valence-electron chi connectivity index (χ2n) is 4.59. The fourth-order valence-electron chi connectivity index (χ4n) is 1.95. The van der Waals surface area contributed by atoms with Gasteiger partial charge in [-0.25, -0.2) is 9.78 Å². The number of hydrogen-bond donors (Lipinski definition) is 1. The standard InChI is InChI=1S/C14H16BrN3O5S/c1-3-9-11(8-7-10(15)17-23-8)16-14(24-9)18(5-6-22-4-2)12(19)13(20)21/h7H,3-6H2,1-2H3,(H,20,21). The average molecular weight is 418 g/mol. The molecular weight excluding hydrogens is 402 g/mol. The summed E-state index contributed by atoms with van der Waals surface area (Å²) in [5.41, 5.74) is 0.551. The fraction of sp³-hybridized carbons (Fsp3) is 0.429. The quantitative estimate of drug-likeness (QED) is 0.544. The second-order valence-corrected chi connectivity index (χ2v) is 6.47. The maximum absolute atomic E-state index is 12.0. The van der Waals surface area contributed by atoms with E-state index in [1.807, 2.05) is 13.8 Å². The minimum atomic E-state index is -1.54. The monoisotopic (exact) mass is 417 g/mol. The van der Waals surface area contributed by atoms with Crippen LogP contribution in [0.1, 0.15) is 18.7 Å². The van der Waals surface area contributed by atoms with Gasteiger partial charge in [-0.3, -0.25) is 9.69 Å². The number of aliphatic carboxylic acids is 1. The molecule has 10 heteroatoms. The zero-order valence-corrected chi connectivity index (χ0v) is 15.5. The van der Waals surface area contributed by atoms with Gasteiger partial charge in [0.05, 0.1) is 13.2 Å². The zero-order chi connectivity index (χ0) is 17.7. The van der Waals surface area contributed by atoms with E-state index in [2.05, 4.69) is 26.1 Å². The van der Waals surface area contributed by atoms with Crippen LogP contribution >= 0.6 is 27.3 Å². The van der Waals surface area contributed by atoms with Crippen LogP contribution in [-0.4, -0.2) is 46.9 Å². The van der Waals surface area contributed by atoms with Gasteiger partial charge >= 0.3 is 11.9 Å². The molecule has 0 aromatic carbocycles. The molecule has 2 rings (SSSR count). The third-order valence-electron chi connectivity index (χ3n) is 3.04. The van der Waals surface area contributed by atoms with Gasteiger partial charge in [-0.1, -0.05) is 12.1 Å². The Morgan fingerprint density at radius 3 is 2.75 bits per heavy atom. The Morgan fingerprint density at radius 2 is 2.21 bits per heavy atom. The van der Waals surface area contributed by atoms with E-state index in [0.29, 0.717) is 34.2 Å². The predicted octanol–water partition coefficient (Wildman–Crippen LogP) is 2.58. The number of nitrogens with zero attached hydrogens (tertiary/aromatic N) is 3. The van der Waals surface area contributed by atoms with Gasteiger partial charge in [0.15, 0.2) is 10.9 Å². The number of ether oxygens (including phenoxy) is 1. The van der Waals surface area contributed by atoms with Crippen molar-refractivity contribution in [3.63, 3.8) is 0 Å². The van der Waals surface area contributed by atoms with Crippen LogP contribution in [0.15, 0.2) is 15.2 Å². The number of aryl methyl sites for hydroxylation is 1. The van der Waals surface area contributed by atoms with E-state index >= 15 is 0 Å². The molecule has 0 radical (unpaired) electrons. The molecule has 0 saturated heterocycles. The number of carbonyl (C=O) groups excluding carboxylic acids is 1. The fourth-order valence-corrected chi connectivity index (χ4v) is 3.26. The third-order valence-corrected chi connectivity index (χ3v) is 4.64. The summed E-state index contributed by atoms with van der Waals surface area (Å²) < 4.78 is 10.9. The molecule has 0 bridgehead atoms. The van der Waals surface area contributed by atoms with Crippen molar-refractivity contribution in [2.45, 2.75) is 20.3 Å². The van der Waals surface area contributed by atoms with Crippen molar-refractivity contribution in [2.24, 2.45) is 0 Å². The first kappa shape index (κ1) is 18.6. The summed E-state index contributed by atoms with van der Waals surface area (Å²) in [5, 5.41) is 13.1. The van der Waals surface area contributed by atoms with Crippen LogP contribution in [0.4, 0.5) is 5.13 Å². The number of carboxylic acid groups (broad SMARTS) is 1. The summed E-state index contributed by atoms with van der Waals surface area (Å²) in [5.74, 6) is -2.13. The van der Waals surface area contributed by atoms with Gasteiger partial charge in [-0.15, -0.1) is 11.3 Å². The summed E-state index contributed by atoms with van der Waals surface area (Å²) in [7, 11) is 0. The lowest BCUT2D eigenvalue weighted by Crippen LogP contribution is -2.38. The van der Waals surface area contributed by atoms with Gasteiger partial charge in [-0.2, -0.15) is 0 Å². The first-order valence-electron chi connectivity index (χ1n) is 7.22. The Labute approximate surface area is 150 Å². The largest absolute Gasteiger partial charge is 0.474 e. The van der Waals surface area contributed by atoms with E-state index in [9.17, 15) is 9.59 Å². The highest BCUT2D eigenvalue weighted by Crippen LogP contribution is 2.34. The lowest BCUT2D eigenvalue weighted by Gasteiger charge is -2.17. The first-order valence-corrected chi connectivity index (χ1v) is 8.83. The SMILES string of the molecule is CCOCCN(C(=O)C(=O)O)c1nc(-c2cc(Br)no2)c(CC)s1. The summed E-state index contributed by atoms with van der Waals surface area (Å²) in [4.78, 5) is 29.4. The van der Waals surface area contributed by atoms with E-state index < -0.39 is 11.9 Å². The van der Waals surface area contributed by atoms with Gasteiger partial charge in [0, 0.05) is 17.6 Å². The molecular formula is C14H16BrN3O5S. The average Bonchev–Trinajstić information content (AvgIpc) is 3.16. The maximum atomic E-state index is 12.0. The summed E-state index contributed by atoms with van der Waals surface area (Å²) in [6.07, 6.45) is 0.659. The molecule has 0 aliphatic heterocycles. The van der Waals surface area contributed by atoms with Crippen molar-refractivity contribution in [1.29, 1.82) is 0 Å².